The van der Waals surface area contributed by atoms with Crippen LogP contribution in [0, 0.1) is 5.92 Å². The summed E-state index contributed by atoms with van der Waals surface area (Å²) in [5.74, 6) is 0.596. The molecule has 2 heterocycles. The van der Waals surface area contributed by atoms with E-state index < -0.39 is 11.9 Å². The number of nitrogens with one attached hydrogen (secondary N) is 2. The topological polar surface area (TPSA) is 49.8 Å². The molecular weight excluding hydrogens is 281 g/mol. The number of hydrogen-bond acceptors (Lipinski definition) is 4. The Morgan fingerprint density at radius 3 is 2.62 bits per heavy atom. The summed E-state index contributed by atoms with van der Waals surface area (Å²) < 4.78 is 39.3. The van der Waals surface area contributed by atoms with Crippen molar-refractivity contribution in [3.63, 3.8) is 0 Å². The van der Waals surface area contributed by atoms with Gasteiger partial charge in [-0.25, -0.2) is 9.97 Å². The Morgan fingerprint density at radius 2 is 1.90 bits per heavy atom. The maximum atomic E-state index is 13.1. The predicted molar refractivity (Wildman–Crippen MR) is 73.1 cm³/mol. The summed E-state index contributed by atoms with van der Waals surface area (Å²) in [7, 11) is 0. The average Bonchev–Trinajstić information content (AvgIpc) is 2.92. The van der Waals surface area contributed by atoms with E-state index in [1.165, 1.54) is 0 Å². The summed E-state index contributed by atoms with van der Waals surface area (Å²) in [5.41, 5.74) is 0.0952. The van der Waals surface area contributed by atoms with Crippen molar-refractivity contribution in [1.29, 1.82) is 0 Å². The molecule has 1 aromatic rings. The first-order chi connectivity index (χ1) is 10.0. The molecule has 21 heavy (non-hydrogen) atoms. The zero-order valence-electron chi connectivity index (χ0n) is 11.8. The van der Waals surface area contributed by atoms with Crippen molar-refractivity contribution >= 4 is 5.95 Å². The maximum Gasteiger partial charge on any atom is 0.433 e. The summed E-state index contributed by atoms with van der Waals surface area (Å²) in [6.07, 6.45) is -0.566. The summed E-state index contributed by atoms with van der Waals surface area (Å²) in [4.78, 5) is 8.01. The van der Waals surface area contributed by atoms with E-state index >= 15 is 0 Å². The van der Waals surface area contributed by atoms with E-state index in [0.717, 1.165) is 32.4 Å². The van der Waals surface area contributed by atoms with E-state index in [9.17, 15) is 13.2 Å². The normalized spacial score (nSPS) is 19.6. The van der Waals surface area contributed by atoms with Crippen LogP contribution in [0.3, 0.4) is 0 Å². The lowest BCUT2D eigenvalue weighted by atomic mass is 9.98. The Labute approximate surface area is 121 Å². The molecule has 1 aliphatic carbocycles. The number of fused-ring (bicyclic) bond motifs is 1. The van der Waals surface area contributed by atoms with Crippen LogP contribution < -0.4 is 10.6 Å². The highest BCUT2D eigenvalue weighted by Gasteiger charge is 2.38. The van der Waals surface area contributed by atoms with Crippen molar-refractivity contribution < 1.29 is 13.2 Å². The van der Waals surface area contributed by atoms with E-state index in [4.69, 9.17) is 0 Å². The second-order valence-electron chi connectivity index (χ2n) is 5.75. The summed E-state index contributed by atoms with van der Waals surface area (Å²) >= 11 is 0. The molecule has 1 fully saturated rings. The standard InChI is InChI=1S/C14H19F3N4/c15-14(16,17)12-10-2-1-3-11(10)20-13(21-12)19-8-9-4-6-18-7-5-9/h9,18H,1-8H2,(H,19,20,21). The molecule has 1 aliphatic heterocycles. The third-order valence-corrected chi connectivity index (χ3v) is 4.21. The van der Waals surface area contributed by atoms with Gasteiger partial charge in [0.05, 0.1) is 0 Å². The van der Waals surface area contributed by atoms with Gasteiger partial charge in [-0.15, -0.1) is 0 Å². The Morgan fingerprint density at radius 1 is 1.14 bits per heavy atom. The van der Waals surface area contributed by atoms with Crippen molar-refractivity contribution in [2.45, 2.75) is 38.3 Å². The molecule has 4 nitrogen and oxygen atoms in total. The Balaban J connectivity index is 1.76. The van der Waals surface area contributed by atoms with Gasteiger partial charge < -0.3 is 10.6 Å². The number of hydrogen-bond donors (Lipinski definition) is 2. The average molecular weight is 300 g/mol. The number of anilines is 1. The lowest BCUT2D eigenvalue weighted by Crippen LogP contribution is -2.31. The zero-order valence-corrected chi connectivity index (χ0v) is 11.8. The van der Waals surface area contributed by atoms with Crippen LogP contribution in [0.15, 0.2) is 0 Å². The van der Waals surface area contributed by atoms with Gasteiger partial charge in [0.25, 0.3) is 0 Å². The zero-order chi connectivity index (χ0) is 14.9. The number of aryl methyl sites for hydroxylation is 1. The highest BCUT2D eigenvalue weighted by Crippen LogP contribution is 2.35. The SMILES string of the molecule is FC(F)(F)c1nc(NCC2CCNCC2)nc2c1CCC2. The number of rotatable bonds is 3. The molecular formula is C14H19F3N4. The Hall–Kier alpha value is -1.37. The third-order valence-electron chi connectivity index (χ3n) is 4.21. The van der Waals surface area contributed by atoms with Gasteiger partial charge in [-0.3, -0.25) is 0 Å². The van der Waals surface area contributed by atoms with Crippen LogP contribution in [0.25, 0.3) is 0 Å². The van der Waals surface area contributed by atoms with Crippen molar-refractivity contribution in [2.24, 2.45) is 5.92 Å². The first-order valence-corrected chi connectivity index (χ1v) is 7.45. The molecule has 0 saturated carbocycles. The molecule has 0 atom stereocenters. The van der Waals surface area contributed by atoms with E-state index in [0.29, 0.717) is 31.0 Å². The van der Waals surface area contributed by atoms with Gasteiger partial charge in [-0.2, -0.15) is 13.2 Å². The molecule has 0 aromatic carbocycles. The van der Waals surface area contributed by atoms with Crippen LogP contribution in [0.2, 0.25) is 0 Å². The molecule has 3 rings (SSSR count). The van der Waals surface area contributed by atoms with Gasteiger partial charge in [0.2, 0.25) is 5.95 Å². The van der Waals surface area contributed by atoms with E-state index in [1.54, 1.807) is 0 Å². The van der Waals surface area contributed by atoms with Crippen LogP contribution in [0.5, 0.6) is 0 Å². The Bertz CT molecular complexity index is 510. The smallest absolute Gasteiger partial charge is 0.354 e. The van der Waals surface area contributed by atoms with E-state index in [1.807, 2.05) is 0 Å². The van der Waals surface area contributed by atoms with Crippen molar-refractivity contribution in [2.75, 3.05) is 25.0 Å². The van der Waals surface area contributed by atoms with Crippen LogP contribution in [-0.2, 0) is 19.0 Å². The second-order valence-corrected chi connectivity index (χ2v) is 5.75. The summed E-state index contributed by atoms with van der Waals surface area (Å²) in [6, 6.07) is 0. The van der Waals surface area contributed by atoms with Gasteiger partial charge >= 0.3 is 6.18 Å². The molecule has 0 bridgehead atoms. The van der Waals surface area contributed by atoms with Gasteiger partial charge in [0.15, 0.2) is 5.69 Å². The fourth-order valence-electron chi connectivity index (χ4n) is 3.07. The molecule has 2 aliphatic rings. The monoisotopic (exact) mass is 300 g/mol. The fraction of sp³-hybridized carbons (Fsp3) is 0.714. The molecule has 0 unspecified atom stereocenters. The van der Waals surface area contributed by atoms with Crippen LogP contribution >= 0.6 is 0 Å². The molecule has 116 valence electrons. The van der Waals surface area contributed by atoms with E-state index in [2.05, 4.69) is 20.6 Å². The first kappa shape index (κ1) is 14.6. The largest absolute Gasteiger partial charge is 0.433 e. The van der Waals surface area contributed by atoms with Crippen LogP contribution in [0.4, 0.5) is 19.1 Å². The molecule has 0 amide bonds. The second kappa shape index (κ2) is 5.79. The summed E-state index contributed by atoms with van der Waals surface area (Å²) in [6.45, 7) is 2.56. The van der Waals surface area contributed by atoms with Gasteiger partial charge in [0.1, 0.15) is 0 Å². The highest BCUT2D eigenvalue weighted by molar-refractivity contribution is 5.38. The fourth-order valence-corrected chi connectivity index (χ4v) is 3.07. The lowest BCUT2D eigenvalue weighted by molar-refractivity contribution is -0.141. The summed E-state index contributed by atoms with van der Waals surface area (Å²) in [5, 5.41) is 6.27. The molecule has 1 aromatic heterocycles. The number of aromatic nitrogens is 2. The first-order valence-electron chi connectivity index (χ1n) is 7.45. The molecule has 0 spiro atoms. The lowest BCUT2D eigenvalue weighted by Gasteiger charge is -2.23. The minimum Gasteiger partial charge on any atom is -0.354 e. The quantitative estimate of drug-likeness (QED) is 0.900. The number of piperidine rings is 1. The number of halogens is 3. The molecule has 0 radical (unpaired) electrons. The van der Waals surface area contributed by atoms with Gasteiger partial charge in [-0.05, 0) is 51.1 Å². The minimum absolute atomic E-state index is 0.126. The van der Waals surface area contributed by atoms with Gasteiger partial charge in [-0.1, -0.05) is 0 Å². The predicted octanol–water partition coefficient (Wildman–Crippen LogP) is 2.40. The van der Waals surface area contributed by atoms with Gasteiger partial charge in [0, 0.05) is 17.8 Å². The van der Waals surface area contributed by atoms with Crippen molar-refractivity contribution in [3.05, 3.63) is 17.0 Å². The maximum absolute atomic E-state index is 13.1. The Kier molecular flexibility index (Phi) is 4.01. The van der Waals surface area contributed by atoms with Crippen LogP contribution in [-0.4, -0.2) is 29.6 Å². The number of alkyl halides is 3. The number of nitrogens with zero attached hydrogens (tertiary/aromatic N) is 2. The molecule has 2 N–H and O–H groups in total. The molecule has 1 saturated heterocycles. The van der Waals surface area contributed by atoms with Crippen molar-refractivity contribution in [1.82, 2.24) is 15.3 Å². The third kappa shape index (κ3) is 3.28. The minimum atomic E-state index is -4.40. The highest BCUT2D eigenvalue weighted by atomic mass is 19.4. The van der Waals surface area contributed by atoms with E-state index in [-0.39, 0.29) is 11.5 Å². The molecule has 7 heteroatoms. The van der Waals surface area contributed by atoms with Crippen molar-refractivity contribution in [3.8, 4) is 0 Å². The van der Waals surface area contributed by atoms with Crippen LogP contribution in [0.1, 0.15) is 36.2 Å².